The fourth-order valence-corrected chi connectivity index (χ4v) is 4.20. The van der Waals surface area contributed by atoms with E-state index in [0.29, 0.717) is 37.6 Å². The van der Waals surface area contributed by atoms with Gasteiger partial charge in [0.2, 0.25) is 0 Å². The molecule has 0 bridgehead atoms. The molecule has 0 aliphatic rings. The van der Waals surface area contributed by atoms with Gasteiger partial charge >= 0.3 is 0 Å². The van der Waals surface area contributed by atoms with E-state index in [4.69, 9.17) is 4.42 Å². The van der Waals surface area contributed by atoms with E-state index >= 15 is 0 Å². The standard InChI is InChI=1S/C26H25FN6O2/c1-17-5-6-18(2)25-23(17)12-20(26(34)28-25)14-32(13-19-7-9-21(27)10-8-19)16-24-29-30-31-33(24)15-22-4-3-11-35-22/h3-12H,13-16H2,1-2H3,(H,28,34). The maximum Gasteiger partial charge on any atom is 0.252 e. The molecule has 178 valence electrons. The molecule has 0 spiro atoms. The van der Waals surface area contributed by atoms with Gasteiger partial charge in [-0.2, -0.15) is 0 Å². The van der Waals surface area contributed by atoms with E-state index in [9.17, 15) is 9.18 Å². The number of fused-ring (bicyclic) bond motifs is 1. The molecular formula is C26H25FN6O2. The van der Waals surface area contributed by atoms with Gasteiger partial charge in [-0.05, 0) is 71.3 Å². The predicted octanol–water partition coefficient (Wildman–Crippen LogP) is 4.11. The van der Waals surface area contributed by atoms with Crippen LogP contribution >= 0.6 is 0 Å². The monoisotopic (exact) mass is 472 g/mol. The number of hydrogen-bond donors (Lipinski definition) is 1. The fourth-order valence-electron chi connectivity index (χ4n) is 4.20. The maximum atomic E-state index is 13.5. The molecule has 2 aromatic carbocycles. The van der Waals surface area contributed by atoms with Gasteiger partial charge in [0.05, 0.1) is 18.3 Å². The molecule has 0 saturated heterocycles. The molecule has 0 atom stereocenters. The molecule has 0 amide bonds. The quantitative estimate of drug-likeness (QED) is 0.365. The molecule has 5 rings (SSSR count). The highest BCUT2D eigenvalue weighted by molar-refractivity contribution is 5.85. The van der Waals surface area contributed by atoms with Crippen LogP contribution in [0, 0.1) is 19.7 Å². The summed E-state index contributed by atoms with van der Waals surface area (Å²) in [5.41, 5.74) is 4.39. The third-order valence-electron chi connectivity index (χ3n) is 6.09. The Kier molecular flexibility index (Phi) is 6.24. The molecule has 0 radical (unpaired) electrons. The number of benzene rings is 2. The Labute approximate surface area is 201 Å². The van der Waals surface area contributed by atoms with Gasteiger partial charge in [0, 0.05) is 24.0 Å². The lowest BCUT2D eigenvalue weighted by atomic mass is 10.0. The van der Waals surface area contributed by atoms with Crippen molar-refractivity contribution < 1.29 is 8.81 Å². The number of hydrogen-bond acceptors (Lipinski definition) is 6. The Bertz CT molecular complexity index is 1510. The molecule has 8 nitrogen and oxygen atoms in total. The molecule has 0 unspecified atom stereocenters. The van der Waals surface area contributed by atoms with Crippen LogP contribution in [0.4, 0.5) is 4.39 Å². The van der Waals surface area contributed by atoms with Crippen molar-refractivity contribution in [1.29, 1.82) is 0 Å². The second-order valence-electron chi connectivity index (χ2n) is 8.72. The number of halogens is 1. The first-order valence-electron chi connectivity index (χ1n) is 11.3. The number of aromatic nitrogens is 5. The van der Waals surface area contributed by atoms with Crippen LogP contribution in [0.15, 0.2) is 70.1 Å². The summed E-state index contributed by atoms with van der Waals surface area (Å²) in [7, 11) is 0. The van der Waals surface area contributed by atoms with Gasteiger partial charge in [-0.1, -0.05) is 24.3 Å². The Hall–Kier alpha value is -4.11. The number of aryl methyl sites for hydroxylation is 2. The highest BCUT2D eigenvalue weighted by Gasteiger charge is 2.17. The number of tetrazole rings is 1. The molecule has 5 aromatic rings. The largest absolute Gasteiger partial charge is 0.467 e. The predicted molar refractivity (Wildman–Crippen MR) is 129 cm³/mol. The lowest BCUT2D eigenvalue weighted by Gasteiger charge is -2.22. The third kappa shape index (κ3) is 5.04. The summed E-state index contributed by atoms with van der Waals surface area (Å²) in [4.78, 5) is 18.1. The molecule has 0 aliphatic heterocycles. The van der Waals surface area contributed by atoms with E-state index < -0.39 is 0 Å². The number of furan rings is 1. The Morgan fingerprint density at radius 1 is 1.03 bits per heavy atom. The first-order valence-corrected chi connectivity index (χ1v) is 11.3. The second-order valence-corrected chi connectivity index (χ2v) is 8.72. The first kappa shape index (κ1) is 22.7. The second kappa shape index (κ2) is 9.63. The number of H-pyrrole nitrogens is 1. The molecule has 0 fully saturated rings. The summed E-state index contributed by atoms with van der Waals surface area (Å²) in [6, 6.07) is 16.0. The van der Waals surface area contributed by atoms with E-state index in [0.717, 1.165) is 33.4 Å². The van der Waals surface area contributed by atoms with Gasteiger partial charge in [0.25, 0.3) is 5.56 Å². The van der Waals surface area contributed by atoms with Gasteiger partial charge in [-0.15, -0.1) is 5.10 Å². The number of nitrogens with zero attached hydrogens (tertiary/aromatic N) is 5. The molecule has 9 heteroatoms. The summed E-state index contributed by atoms with van der Waals surface area (Å²) >= 11 is 0. The number of nitrogens with one attached hydrogen (secondary N) is 1. The number of aromatic amines is 1. The van der Waals surface area contributed by atoms with Crippen LogP contribution in [-0.4, -0.2) is 30.1 Å². The average molecular weight is 473 g/mol. The zero-order chi connectivity index (χ0) is 24.4. The maximum absolute atomic E-state index is 13.5. The summed E-state index contributed by atoms with van der Waals surface area (Å²) in [6.45, 7) is 5.64. The van der Waals surface area contributed by atoms with Crippen molar-refractivity contribution in [3.63, 3.8) is 0 Å². The minimum Gasteiger partial charge on any atom is -0.467 e. The van der Waals surface area contributed by atoms with Gasteiger partial charge in [0.15, 0.2) is 5.82 Å². The smallest absolute Gasteiger partial charge is 0.252 e. The van der Waals surface area contributed by atoms with Crippen LogP contribution in [0.3, 0.4) is 0 Å². The van der Waals surface area contributed by atoms with Crippen molar-refractivity contribution in [1.82, 2.24) is 30.1 Å². The average Bonchev–Trinajstić information content (AvgIpc) is 3.51. The SMILES string of the molecule is Cc1ccc(C)c2[nH]c(=O)c(CN(Cc3ccc(F)cc3)Cc3nnnn3Cc3ccco3)cc12. The van der Waals surface area contributed by atoms with Gasteiger partial charge in [-0.25, -0.2) is 9.07 Å². The normalized spacial score (nSPS) is 11.5. The van der Waals surface area contributed by atoms with Crippen LogP contribution in [-0.2, 0) is 26.2 Å². The molecule has 35 heavy (non-hydrogen) atoms. The Balaban J connectivity index is 1.47. The third-order valence-corrected chi connectivity index (χ3v) is 6.09. The lowest BCUT2D eigenvalue weighted by molar-refractivity contribution is 0.235. The molecule has 1 N–H and O–H groups in total. The van der Waals surface area contributed by atoms with Crippen LogP contribution < -0.4 is 5.56 Å². The molecule has 0 saturated carbocycles. The van der Waals surface area contributed by atoms with Crippen LogP contribution in [0.2, 0.25) is 0 Å². The van der Waals surface area contributed by atoms with Crippen LogP contribution in [0.1, 0.15) is 33.8 Å². The van der Waals surface area contributed by atoms with Crippen molar-refractivity contribution >= 4 is 10.9 Å². The Morgan fingerprint density at radius 3 is 2.60 bits per heavy atom. The summed E-state index contributed by atoms with van der Waals surface area (Å²) in [5.74, 6) is 1.08. The summed E-state index contributed by atoms with van der Waals surface area (Å²) < 4.78 is 20.6. The van der Waals surface area contributed by atoms with E-state index in [1.165, 1.54) is 12.1 Å². The molecule has 3 heterocycles. The van der Waals surface area contributed by atoms with E-state index in [-0.39, 0.29) is 11.4 Å². The van der Waals surface area contributed by atoms with Crippen molar-refractivity contribution in [3.05, 3.63) is 111 Å². The van der Waals surface area contributed by atoms with Crippen molar-refractivity contribution in [2.75, 3.05) is 0 Å². The summed E-state index contributed by atoms with van der Waals surface area (Å²) in [6.07, 6.45) is 1.61. The van der Waals surface area contributed by atoms with E-state index in [1.807, 2.05) is 38.1 Å². The zero-order valence-corrected chi connectivity index (χ0v) is 19.5. The van der Waals surface area contributed by atoms with E-state index in [1.54, 1.807) is 23.1 Å². The minimum absolute atomic E-state index is 0.134. The van der Waals surface area contributed by atoms with E-state index in [2.05, 4.69) is 31.5 Å². The van der Waals surface area contributed by atoms with Gasteiger partial charge in [-0.3, -0.25) is 9.69 Å². The number of rotatable bonds is 8. The van der Waals surface area contributed by atoms with Crippen LogP contribution in [0.5, 0.6) is 0 Å². The first-order chi connectivity index (χ1) is 17.0. The number of pyridine rings is 1. The topological polar surface area (TPSA) is 92.8 Å². The van der Waals surface area contributed by atoms with Crippen molar-refractivity contribution in [2.24, 2.45) is 0 Å². The van der Waals surface area contributed by atoms with Gasteiger partial charge < -0.3 is 9.40 Å². The fraction of sp³-hybridized carbons (Fsp3) is 0.231. The van der Waals surface area contributed by atoms with Crippen molar-refractivity contribution in [2.45, 2.75) is 40.0 Å². The Morgan fingerprint density at radius 2 is 1.83 bits per heavy atom. The van der Waals surface area contributed by atoms with Crippen molar-refractivity contribution in [3.8, 4) is 0 Å². The highest BCUT2D eigenvalue weighted by Crippen LogP contribution is 2.21. The zero-order valence-electron chi connectivity index (χ0n) is 19.5. The molecular weight excluding hydrogens is 447 g/mol. The molecule has 3 aromatic heterocycles. The lowest BCUT2D eigenvalue weighted by Crippen LogP contribution is -2.28. The summed E-state index contributed by atoms with van der Waals surface area (Å²) in [5, 5.41) is 13.2. The molecule has 0 aliphatic carbocycles. The minimum atomic E-state index is -0.292. The van der Waals surface area contributed by atoms with Crippen LogP contribution in [0.25, 0.3) is 10.9 Å². The highest BCUT2D eigenvalue weighted by atomic mass is 19.1. The van der Waals surface area contributed by atoms with Gasteiger partial charge in [0.1, 0.15) is 18.1 Å².